The largest absolute Gasteiger partial charge is 0.414 e. The molecule has 0 bridgehead atoms. The Morgan fingerprint density at radius 1 is 1.42 bits per heavy atom. The van der Waals surface area contributed by atoms with E-state index >= 15 is 0 Å². The lowest BCUT2D eigenvalue weighted by Crippen LogP contribution is -2.28. The van der Waals surface area contributed by atoms with E-state index in [1.165, 1.54) is 0 Å². The fourth-order valence-corrected chi connectivity index (χ4v) is 2.53. The van der Waals surface area contributed by atoms with Gasteiger partial charge in [0.2, 0.25) is 0 Å². The molecule has 1 rings (SSSR count). The van der Waals surface area contributed by atoms with Crippen molar-refractivity contribution in [3.05, 3.63) is 21.4 Å². The molecule has 1 aromatic rings. The standard InChI is InChI=1S/C13H20F3NOS/c1-4-5-17-7-12-6-11(9(2)19-12)8-18-10(3)13(14,15)16/h6,10,17H,4-5,7-8H2,1-3H3. The Kier molecular flexibility index (Phi) is 6.29. The van der Waals surface area contributed by atoms with Crippen LogP contribution in [0.1, 0.15) is 35.6 Å². The molecule has 1 N–H and O–H groups in total. The number of nitrogens with one attached hydrogen (secondary N) is 1. The van der Waals surface area contributed by atoms with Gasteiger partial charge in [0.1, 0.15) is 0 Å². The molecule has 0 radical (unpaired) electrons. The molecule has 1 aromatic heterocycles. The smallest absolute Gasteiger partial charge is 0.364 e. The summed E-state index contributed by atoms with van der Waals surface area (Å²) in [6, 6.07) is 1.92. The van der Waals surface area contributed by atoms with Gasteiger partial charge >= 0.3 is 6.18 Å². The summed E-state index contributed by atoms with van der Waals surface area (Å²) in [5, 5.41) is 3.27. The highest BCUT2D eigenvalue weighted by Crippen LogP contribution is 2.26. The van der Waals surface area contributed by atoms with Crippen LogP contribution in [0.4, 0.5) is 13.2 Å². The third-order valence-corrected chi connectivity index (χ3v) is 3.84. The van der Waals surface area contributed by atoms with Gasteiger partial charge in [-0.25, -0.2) is 0 Å². The van der Waals surface area contributed by atoms with Crippen LogP contribution in [0.2, 0.25) is 0 Å². The van der Waals surface area contributed by atoms with E-state index in [0.29, 0.717) is 0 Å². The summed E-state index contributed by atoms with van der Waals surface area (Å²) in [5.74, 6) is 0. The van der Waals surface area contributed by atoms with Gasteiger partial charge in [0.15, 0.2) is 6.10 Å². The number of thiophene rings is 1. The third-order valence-electron chi connectivity index (χ3n) is 2.75. The molecule has 0 saturated heterocycles. The first-order chi connectivity index (χ1) is 8.84. The molecule has 0 fully saturated rings. The quantitative estimate of drug-likeness (QED) is 0.767. The van der Waals surface area contributed by atoms with Crippen LogP contribution < -0.4 is 5.32 Å². The summed E-state index contributed by atoms with van der Waals surface area (Å²) in [4.78, 5) is 2.15. The molecule has 1 heterocycles. The van der Waals surface area contributed by atoms with Crippen molar-refractivity contribution in [3.63, 3.8) is 0 Å². The van der Waals surface area contributed by atoms with Gasteiger partial charge in [0.25, 0.3) is 0 Å². The molecule has 0 amide bonds. The Morgan fingerprint density at radius 3 is 2.68 bits per heavy atom. The lowest BCUT2D eigenvalue weighted by Gasteiger charge is -2.16. The van der Waals surface area contributed by atoms with E-state index in [1.54, 1.807) is 11.3 Å². The third kappa shape index (κ3) is 5.50. The first kappa shape index (κ1) is 16.5. The second kappa shape index (κ2) is 7.26. The summed E-state index contributed by atoms with van der Waals surface area (Å²) in [6.45, 7) is 6.74. The van der Waals surface area contributed by atoms with E-state index in [9.17, 15) is 13.2 Å². The molecule has 0 spiro atoms. The molecule has 6 heteroatoms. The minimum absolute atomic E-state index is 0.0107. The van der Waals surface area contributed by atoms with Gasteiger partial charge in [-0.15, -0.1) is 11.3 Å². The van der Waals surface area contributed by atoms with Crippen molar-refractivity contribution in [2.75, 3.05) is 6.54 Å². The maximum absolute atomic E-state index is 12.3. The van der Waals surface area contributed by atoms with Gasteiger partial charge in [-0.2, -0.15) is 13.2 Å². The number of alkyl halides is 3. The zero-order valence-electron chi connectivity index (χ0n) is 11.4. The summed E-state index contributed by atoms with van der Waals surface area (Å²) in [7, 11) is 0. The number of hydrogen-bond acceptors (Lipinski definition) is 3. The highest BCUT2D eigenvalue weighted by atomic mass is 32.1. The van der Waals surface area contributed by atoms with E-state index < -0.39 is 12.3 Å². The second-order valence-electron chi connectivity index (χ2n) is 4.47. The van der Waals surface area contributed by atoms with Crippen molar-refractivity contribution < 1.29 is 17.9 Å². The number of halogens is 3. The Hall–Kier alpha value is -0.590. The summed E-state index contributed by atoms with van der Waals surface area (Å²) in [6.07, 6.45) is -4.97. The highest BCUT2D eigenvalue weighted by molar-refractivity contribution is 7.12. The van der Waals surface area contributed by atoms with Gasteiger partial charge in [-0.1, -0.05) is 6.92 Å². The molecule has 1 unspecified atom stereocenters. The Bertz CT molecular complexity index is 390. The Labute approximate surface area is 116 Å². The fourth-order valence-electron chi connectivity index (χ4n) is 1.52. The number of aryl methyl sites for hydroxylation is 1. The van der Waals surface area contributed by atoms with Crippen molar-refractivity contribution >= 4 is 11.3 Å². The molecule has 1 atom stereocenters. The van der Waals surface area contributed by atoms with E-state index in [2.05, 4.69) is 12.2 Å². The SMILES string of the molecule is CCCNCc1cc(COC(C)C(F)(F)F)c(C)s1. The average molecular weight is 295 g/mol. The van der Waals surface area contributed by atoms with Gasteiger partial charge in [-0.3, -0.25) is 0 Å². The number of ether oxygens (including phenoxy) is 1. The molecule has 0 aliphatic heterocycles. The van der Waals surface area contributed by atoms with E-state index in [0.717, 1.165) is 41.8 Å². The van der Waals surface area contributed by atoms with Crippen LogP contribution in [0.5, 0.6) is 0 Å². The number of hydrogen-bond donors (Lipinski definition) is 1. The lowest BCUT2D eigenvalue weighted by atomic mass is 10.2. The number of rotatable bonds is 7. The van der Waals surface area contributed by atoms with Gasteiger partial charge in [-0.05, 0) is 38.4 Å². The summed E-state index contributed by atoms with van der Waals surface area (Å²) >= 11 is 1.60. The van der Waals surface area contributed by atoms with E-state index in [-0.39, 0.29) is 6.61 Å². The minimum atomic E-state index is -4.30. The maximum atomic E-state index is 12.3. The van der Waals surface area contributed by atoms with Crippen LogP contribution in [0.15, 0.2) is 6.07 Å². The van der Waals surface area contributed by atoms with Crippen molar-refractivity contribution in [1.29, 1.82) is 0 Å². The summed E-state index contributed by atoms with van der Waals surface area (Å²) in [5.41, 5.74) is 0.842. The molecule has 2 nitrogen and oxygen atoms in total. The zero-order chi connectivity index (χ0) is 14.5. The van der Waals surface area contributed by atoms with Crippen LogP contribution in [-0.4, -0.2) is 18.8 Å². The lowest BCUT2D eigenvalue weighted by molar-refractivity contribution is -0.217. The minimum Gasteiger partial charge on any atom is -0.364 e. The van der Waals surface area contributed by atoms with Crippen LogP contribution in [0.3, 0.4) is 0 Å². The van der Waals surface area contributed by atoms with Crippen LogP contribution in [0, 0.1) is 6.92 Å². The molecular weight excluding hydrogens is 275 g/mol. The molecule has 0 aliphatic carbocycles. The predicted molar refractivity (Wildman–Crippen MR) is 71.4 cm³/mol. The van der Waals surface area contributed by atoms with Crippen molar-refractivity contribution in [2.24, 2.45) is 0 Å². The molecule has 0 aromatic carbocycles. The van der Waals surface area contributed by atoms with Gasteiger partial charge < -0.3 is 10.1 Å². The average Bonchev–Trinajstić information content (AvgIpc) is 2.66. The molecule has 0 saturated carbocycles. The van der Waals surface area contributed by atoms with E-state index in [1.807, 2.05) is 13.0 Å². The monoisotopic (exact) mass is 295 g/mol. The van der Waals surface area contributed by atoms with Crippen LogP contribution in [-0.2, 0) is 17.9 Å². The summed E-state index contributed by atoms with van der Waals surface area (Å²) < 4.78 is 41.9. The topological polar surface area (TPSA) is 21.3 Å². The van der Waals surface area contributed by atoms with Crippen molar-refractivity contribution in [2.45, 2.75) is 52.6 Å². The van der Waals surface area contributed by atoms with Crippen LogP contribution >= 0.6 is 11.3 Å². The predicted octanol–water partition coefficient (Wildman–Crippen LogP) is 4.02. The Morgan fingerprint density at radius 2 is 2.11 bits per heavy atom. The van der Waals surface area contributed by atoms with Gasteiger partial charge in [0, 0.05) is 16.3 Å². The van der Waals surface area contributed by atoms with Crippen LogP contribution in [0.25, 0.3) is 0 Å². The zero-order valence-corrected chi connectivity index (χ0v) is 12.3. The second-order valence-corrected chi connectivity index (χ2v) is 5.81. The molecule has 0 aliphatic rings. The van der Waals surface area contributed by atoms with Gasteiger partial charge in [0.05, 0.1) is 6.61 Å². The fraction of sp³-hybridized carbons (Fsp3) is 0.692. The van der Waals surface area contributed by atoms with Crippen molar-refractivity contribution in [1.82, 2.24) is 5.32 Å². The first-order valence-corrected chi connectivity index (χ1v) is 7.13. The Balaban J connectivity index is 2.50. The maximum Gasteiger partial charge on any atom is 0.414 e. The van der Waals surface area contributed by atoms with E-state index in [4.69, 9.17) is 4.74 Å². The molecule has 19 heavy (non-hydrogen) atoms. The normalized spacial score (nSPS) is 13.8. The first-order valence-electron chi connectivity index (χ1n) is 6.31. The molecule has 110 valence electrons. The molecular formula is C13H20F3NOS. The van der Waals surface area contributed by atoms with Crippen molar-refractivity contribution in [3.8, 4) is 0 Å². The highest BCUT2D eigenvalue weighted by Gasteiger charge is 2.36.